The van der Waals surface area contributed by atoms with Gasteiger partial charge in [-0.25, -0.2) is 0 Å². The number of benzene rings is 3. The number of carbonyl (C=O) groups excluding carboxylic acids is 1. The van der Waals surface area contributed by atoms with E-state index in [1.807, 2.05) is 30.3 Å². The molecule has 1 aliphatic heterocycles. The first-order valence-corrected chi connectivity index (χ1v) is 15.3. The first-order valence-electron chi connectivity index (χ1n) is 11.6. The quantitative estimate of drug-likeness (QED) is 0.346. The molecule has 1 heterocycles. The molecule has 1 saturated heterocycles. The number of ether oxygens (including phenoxy) is 1. The van der Waals surface area contributed by atoms with Gasteiger partial charge >= 0.3 is 205 Å². The van der Waals surface area contributed by atoms with Crippen LogP contribution in [-0.4, -0.2) is 42.0 Å². The summed E-state index contributed by atoms with van der Waals surface area (Å²) in [5, 5.41) is 2.40. The Morgan fingerprint density at radius 3 is 1.85 bits per heavy atom. The third kappa shape index (κ3) is 5.33. The van der Waals surface area contributed by atoms with Gasteiger partial charge in [0.15, 0.2) is 0 Å². The monoisotopic (exact) mass is 524 g/mol. The van der Waals surface area contributed by atoms with Gasteiger partial charge in [-0.2, -0.15) is 0 Å². The number of cyclic esters (lactones) is 1. The van der Waals surface area contributed by atoms with Crippen LogP contribution in [0.4, 0.5) is 0 Å². The van der Waals surface area contributed by atoms with E-state index in [1.54, 1.807) is 0 Å². The van der Waals surface area contributed by atoms with Crippen LogP contribution in [-0.2, 0) is 14.0 Å². The molecular weight excluding hydrogens is 491 g/mol. The van der Waals surface area contributed by atoms with Crippen molar-refractivity contribution in [1.29, 1.82) is 0 Å². The molecule has 33 heavy (non-hydrogen) atoms. The molecule has 0 aliphatic carbocycles. The molecular formula is C28H32O3SeSi. The van der Waals surface area contributed by atoms with Gasteiger partial charge in [-0.3, -0.25) is 0 Å². The van der Waals surface area contributed by atoms with Crippen LogP contribution >= 0.6 is 0 Å². The van der Waals surface area contributed by atoms with Crippen molar-refractivity contribution in [2.24, 2.45) is 0 Å². The molecule has 3 nitrogen and oxygen atoms in total. The topological polar surface area (TPSA) is 35.5 Å². The minimum atomic E-state index is -2.62. The molecule has 5 heteroatoms. The summed E-state index contributed by atoms with van der Waals surface area (Å²) in [6.07, 6.45) is 1.52. The molecule has 0 N–H and O–H groups in total. The third-order valence-electron chi connectivity index (χ3n) is 6.22. The Morgan fingerprint density at radius 2 is 1.36 bits per heavy atom. The Morgan fingerprint density at radius 1 is 0.848 bits per heavy atom. The van der Waals surface area contributed by atoms with E-state index in [1.165, 1.54) is 14.8 Å². The number of hydrogen-bond acceptors (Lipinski definition) is 3. The Bertz CT molecular complexity index is 996. The first kappa shape index (κ1) is 24.0. The molecule has 0 radical (unpaired) electrons. The normalized spacial score (nSPS) is 19.2. The van der Waals surface area contributed by atoms with E-state index in [4.69, 9.17) is 9.16 Å². The summed E-state index contributed by atoms with van der Waals surface area (Å²) in [7, 11) is -2.62. The van der Waals surface area contributed by atoms with E-state index >= 15 is 0 Å². The maximum atomic E-state index is 12.8. The van der Waals surface area contributed by atoms with Gasteiger partial charge in [-0.1, -0.05) is 0 Å². The first-order chi connectivity index (χ1) is 15.9. The van der Waals surface area contributed by atoms with Crippen LogP contribution in [0.1, 0.15) is 33.6 Å². The van der Waals surface area contributed by atoms with E-state index < -0.39 is 8.32 Å². The Labute approximate surface area is 204 Å². The number of esters is 1. The number of hydrogen-bond donors (Lipinski definition) is 0. The summed E-state index contributed by atoms with van der Waals surface area (Å²) in [5.74, 6) is -0.0684. The average Bonchev–Trinajstić information content (AvgIpc) is 2.82. The van der Waals surface area contributed by atoms with Crippen LogP contribution < -0.4 is 14.8 Å². The van der Waals surface area contributed by atoms with E-state index in [0.29, 0.717) is 6.61 Å². The van der Waals surface area contributed by atoms with Gasteiger partial charge in [0.1, 0.15) is 0 Å². The predicted octanol–water partition coefficient (Wildman–Crippen LogP) is 4.09. The van der Waals surface area contributed by atoms with Crippen molar-refractivity contribution in [3.63, 3.8) is 0 Å². The second kappa shape index (κ2) is 10.4. The molecule has 1 fully saturated rings. The van der Waals surface area contributed by atoms with Crippen molar-refractivity contribution >= 4 is 44.1 Å². The molecule has 0 aromatic heterocycles. The second-order valence-corrected chi connectivity index (χ2v) is 16.5. The SMILES string of the molecule is CC(C)(C)[Si](OC[C@H]1CCC([Se]c2ccccc2)C(=O)O1)(c1ccccc1)c1ccccc1. The summed E-state index contributed by atoms with van der Waals surface area (Å²) in [5.41, 5.74) is 0. The fraction of sp³-hybridized carbons (Fsp3) is 0.321. The second-order valence-electron chi connectivity index (χ2n) is 9.53. The molecule has 3 aromatic rings. The maximum absolute atomic E-state index is 12.8. The summed E-state index contributed by atoms with van der Waals surface area (Å²) in [6, 6.07) is 31.5. The van der Waals surface area contributed by atoms with Crippen molar-refractivity contribution in [1.82, 2.24) is 0 Å². The zero-order valence-corrected chi connectivity index (χ0v) is 22.3. The molecule has 0 bridgehead atoms. The van der Waals surface area contributed by atoms with Crippen LogP contribution in [0.2, 0.25) is 9.85 Å². The summed E-state index contributed by atoms with van der Waals surface area (Å²) in [4.78, 5) is 12.8. The van der Waals surface area contributed by atoms with E-state index in [-0.39, 0.29) is 36.9 Å². The molecule has 4 rings (SSSR count). The summed E-state index contributed by atoms with van der Waals surface area (Å²) < 4.78 is 14.1. The number of carbonyl (C=O) groups is 1. The van der Waals surface area contributed by atoms with Crippen molar-refractivity contribution in [3.05, 3.63) is 91.0 Å². The standard InChI is InChI=1S/C28H32O3SeSi/c1-28(2,3)33(24-15-9-5-10-16-24,25-17-11-6-12-18-25)30-21-22-19-20-26(27(29)31-22)32-23-13-7-4-8-14-23/h4-18,22,26H,19-21H2,1-3H3/t22-,26?/m1/s1. The molecule has 172 valence electrons. The van der Waals surface area contributed by atoms with Crippen molar-refractivity contribution in [2.45, 2.75) is 49.6 Å². The fourth-order valence-electron chi connectivity index (χ4n) is 4.62. The summed E-state index contributed by atoms with van der Waals surface area (Å²) in [6.45, 7) is 7.24. The molecule has 2 atom stereocenters. The molecule has 3 aromatic carbocycles. The van der Waals surface area contributed by atoms with Crippen molar-refractivity contribution in [2.75, 3.05) is 6.61 Å². The molecule has 1 unspecified atom stereocenters. The zero-order chi connectivity index (χ0) is 23.3. The van der Waals surface area contributed by atoms with Gasteiger partial charge < -0.3 is 0 Å². The van der Waals surface area contributed by atoms with Gasteiger partial charge in [-0.15, -0.1) is 0 Å². The van der Waals surface area contributed by atoms with Crippen LogP contribution in [0.15, 0.2) is 91.0 Å². The zero-order valence-electron chi connectivity index (χ0n) is 19.6. The Kier molecular flexibility index (Phi) is 7.55. The van der Waals surface area contributed by atoms with Gasteiger partial charge in [0, 0.05) is 0 Å². The van der Waals surface area contributed by atoms with Gasteiger partial charge in [0.2, 0.25) is 0 Å². The predicted molar refractivity (Wildman–Crippen MR) is 138 cm³/mol. The number of rotatable bonds is 7. The minimum absolute atomic E-state index is 0.0102. The Hall–Kier alpha value is -2.17. The van der Waals surface area contributed by atoms with Crippen LogP contribution in [0.3, 0.4) is 0 Å². The molecule has 0 saturated carbocycles. The van der Waals surface area contributed by atoms with Crippen molar-refractivity contribution in [3.8, 4) is 0 Å². The summed E-state index contributed by atoms with van der Waals surface area (Å²) >= 11 is 0.0994. The Balaban J connectivity index is 1.53. The molecule has 0 spiro atoms. The van der Waals surface area contributed by atoms with Gasteiger partial charge in [-0.05, 0) is 0 Å². The van der Waals surface area contributed by atoms with Gasteiger partial charge in [0.05, 0.1) is 0 Å². The third-order valence-corrected chi connectivity index (χ3v) is 13.9. The average molecular weight is 524 g/mol. The molecule has 0 amide bonds. The van der Waals surface area contributed by atoms with Crippen LogP contribution in [0.25, 0.3) is 0 Å². The van der Waals surface area contributed by atoms with Crippen LogP contribution in [0.5, 0.6) is 0 Å². The van der Waals surface area contributed by atoms with E-state index in [0.717, 1.165) is 12.8 Å². The van der Waals surface area contributed by atoms with E-state index in [9.17, 15) is 4.79 Å². The van der Waals surface area contributed by atoms with Crippen LogP contribution in [0, 0.1) is 0 Å². The van der Waals surface area contributed by atoms with Gasteiger partial charge in [0.25, 0.3) is 0 Å². The fourth-order valence-corrected chi connectivity index (χ4v) is 11.4. The molecule has 1 aliphatic rings. The van der Waals surface area contributed by atoms with Crippen molar-refractivity contribution < 1.29 is 14.0 Å². The van der Waals surface area contributed by atoms with E-state index in [2.05, 4.69) is 81.4 Å².